The first-order valence-corrected chi connectivity index (χ1v) is 5.23. The monoisotopic (exact) mass is 343 g/mol. The number of fused-ring (bicyclic) bond motifs is 1. The second-order valence-corrected chi connectivity index (χ2v) is 4.06. The third-order valence-electron chi connectivity index (χ3n) is 1.75. The Bertz CT molecular complexity index is 511. The van der Waals surface area contributed by atoms with Crippen LogP contribution in [-0.2, 0) is 0 Å². The molecular weight excluding hydrogens is 338 g/mol. The zero-order valence-electron chi connectivity index (χ0n) is 7.68. The summed E-state index contributed by atoms with van der Waals surface area (Å²) < 4.78 is 40.9. The van der Waals surface area contributed by atoms with E-state index in [-0.39, 0.29) is 5.88 Å². The molecule has 0 aliphatic carbocycles. The van der Waals surface area contributed by atoms with Gasteiger partial charge in [-0.2, -0.15) is 18.3 Å². The second kappa shape index (κ2) is 4.07. The van der Waals surface area contributed by atoms with Crippen LogP contribution in [0.15, 0.2) is 12.3 Å². The van der Waals surface area contributed by atoms with Crippen LogP contribution in [-0.4, -0.2) is 28.0 Å². The third kappa shape index (κ3) is 2.54. The lowest BCUT2D eigenvalue weighted by molar-refractivity contribution is -0.154. The van der Waals surface area contributed by atoms with Gasteiger partial charge in [0.25, 0.3) is 0 Å². The van der Waals surface area contributed by atoms with Gasteiger partial charge in [-0.15, -0.1) is 0 Å². The summed E-state index contributed by atoms with van der Waals surface area (Å²) in [5.74, 6) is -0.0901. The van der Waals surface area contributed by atoms with Gasteiger partial charge in [0.15, 0.2) is 6.61 Å². The molecule has 2 rings (SSSR count). The van der Waals surface area contributed by atoms with Crippen molar-refractivity contribution in [1.29, 1.82) is 0 Å². The Balaban J connectivity index is 2.20. The quantitative estimate of drug-likeness (QED) is 0.853. The van der Waals surface area contributed by atoms with Crippen molar-refractivity contribution in [3.05, 3.63) is 16.0 Å². The van der Waals surface area contributed by atoms with E-state index in [9.17, 15) is 13.2 Å². The average Bonchev–Trinajstić information content (AvgIpc) is 2.56. The van der Waals surface area contributed by atoms with E-state index in [1.807, 2.05) is 22.6 Å². The van der Waals surface area contributed by atoms with Crippen LogP contribution in [0.1, 0.15) is 0 Å². The summed E-state index contributed by atoms with van der Waals surface area (Å²) in [6, 6.07) is 1.36. The highest BCUT2D eigenvalue weighted by Crippen LogP contribution is 2.22. The molecule has 0 fully saturated rings. The van der Waals surface area contributed by atoms with E-state index in [1.165, 1.54) is 12.3 Å². The number of aromatic nitrogens is 3. The summed E-state index contributed by atoms with van der Waals surface area (Å²) in [5, 5.41) is 7.33. The lowest BCUT2D eigenvalue weighted by atomic mass is 10.3. The number of aromatic amines is 1. The second-order valence-electron chi connectivity index (χ2n) is 2.98. The van der Waals surface area contributed by atoms with Gasteiger partial charge in [0.05, 0.1) is 5.39 Å². The number of nitrogens with one attached hydrogen (secondary N) is 1. The maximum atomic E-state index is 11.9. The first kappa shape index (κ1) is 11.4. The average molecular weight is 343 g/mol. The molecule has 0 atom stereocenters. The Morgan fingerprint density at radius 1 is 1.44 bits per heavy atom. The van der Waals surface area contributed by atoms with Crippen molar-refractivity contribution in [3.8, 4) is 5.88 Å². The SMILES string of the molecule is FC(F)(F)COc1cc2n[nH]c(I)c2cn1. The number of pyridine rings is 1. The normalized spacial score (nSPS) is 12.0. The van der Waals surface area contributed by atoms with Crippen LogP contribution in [0.2, 0.25) is 0 Å². The van der Waals surface area contributed by atoms with Crippen molar-refractivity contribution >= 4 is 33.5 Å². The minimum Gasteiger partial charge on any atom is -0.468 e. The maximum absolute atomic E-state index is 11.9. The first-order chi connectivity index (χ1) is 7.46. The fourth-order valence-corrected chi connectivity index (χ4v) is 1.63. The largest absolute Gasteiger partial charge is 0.468 e. The van der Waals surface area contributed by atoms with E-state index < -0.39 is 12.8 Å². The third-order valence-corrected chi connectivity index (χ3v) is 2.57. The fraction of sp³-hybridized carbons (Fsp3) is 0.250. The highest BCUT2D eigenvalue weighted by molar-refractivity contribution is 14.1. The highest BCUT2D eigenvalue weighted by Gasteiger charge is 2.28. The van der Waals surface area contributed by atoms with Gasteiger partial charge in [0.1, 0.15) is 9.22 Å². The molecule has 16 heavy (non-hydrogen) atoms. The topological polar surface area (TPSA) is 50.8 Å². The molecule has 0 bridgehead atoms. The van der Waals surface area contributed by atoms with Crippen LogP contribution in [0, 0.1) is 3.70 Å². The predicted octanol–water partition coefficient (Wildman–Crippen LogP) is 2.50. The number of H-pyrrole nitrogens is 1. The Kier molecular flexibility index (Phi) is 2.91. The number of hydrogen-bond donors (Lipinski definition) is 1. The van der Waals surface area contributed by atoms with Crippen molar-refractivity contribution in [2.45, 2.75) is 6.18 Å². The lowest BCUT2D eigenvalue weighted by Gasteiger charge is -2.07. The summed E-state index contributed by atoms with van der Waals surface area (Å²) in [4.78, 5) is 3.76. The zero-order chi connectivity index (χ0) is 11.8. The van der Waals surface area contributed by atoms with Gasteiger partial charge < -0.3 is 4.74 Å². The summed E-state index contributed by atoms with van der Waals surface area (Å²) in [7, 11) is 0. The molecule has 0 unspecified atom stereocenters. The van der Waals surface area contributed by atoms with E-state index >= 15 is 0 Å². The molecule has 86 valence electrons. The number of hydrogen-bond acceptors (Lipinski definition) is 3. The van der Waals surface area contributed by atoms with E-state index in [0.29, 0.717) is 5.52 Å². The van der Waals surface area contributed by atoms with Gasteiger partial charge >= 0.3 is 6.18 Å². The van der Waals surface area contributed by atoms with Gasteiger partial charge in [-0.25, -0.2) is 4.98 Å². The number of ether oxygens (including phenoxy) is 1. The van der Waals surface area contributed by atoms with Gasteiger partial charge in [-0.1, -0.05) is 0 Å². The highest BCUT2D eigenvalue weighted by atomic mass is 127. The molecule has 0 aliphatic rings. The maximum Gasteiger partial charge on any atom is 0.422 e. The van der Waals surface area contributed by atoms with Gasteiger partial charge in [-0.05, 0) is 22.6 Å². The van der Waals surface area contributed by atoms with Crippen LogP contribution in [0.25, 0.3) is 10.9 Å². The number of rotatable bonds is 2. The van der Waals surface area contributed by atoms with Crippen molar-refractivity contribution in [2.75, 3.05) is 6.61 Å². The lowest BCUT2D eigenvalue weighted by Crippen LogP contribution is -2.19. The van der Waals surface area contributed by atoms with Crippen molar-refractivity contribution in [1.82, 2.24) is 15.2 Å². The van der Waals surface area contributed by atoms with Crippen LogP contribution >= 0.6 is 22.6 Å². The Labute approximate surface area is 101 Å². The van der Waals surface area contributed by atoms with E-state index in [1.54, 1.807) is 0 Å². The Morgan fingerprint density at radius 3 is 2.88 bits per heavy atom. The van der Waals surface area contributed by atoms with E-state index in [4.69, 9.17) is 0 Å². The molecule has 0 spiro atoms. The molecule has 4 nitrogen and oxygen atoms in total. The molecule has 2 heterocycles. The number of alkyl halides is 3. The van der Waals surface area contributed by atoms with Crippen molar-refractivity contribution in [3.63, 3.8) is 0 Å². The Hall–Kier alpha value is -1.06. The predicted molar refractivity (Wildman–Crippen MR) is 58.2 cm³/mol. The van der Waals surface area contributed by atoms with Crippen LogP contribution in [0.4, 0.5) is 13.2 Å². The van der Waals surface area contributed by atoms with Crippen LogP contribution < -0.4 is 4.74 Å². The Morgan fingerprint density at radius 2 is 2.19 bits per heavy atom. The van der Waals surface area contributed by atoms with Crippen molar-refractivity contribution < 1.29 is 17.9 Å². The molecule has 0 saturated carbocycles. The molecule has 2 aromatic heterocycles. The first-order valence-electron chi connectivity index (χ1n) is 4.15. The standard InChI is InChI=1S/C8H5F3IN3O/c9-8(10,11)3-16-6-1-5-4(2-13-6)7(12)15-14-5/h1-2H,3H2,(H,14,15). The molecule has 8 heteroatoms. The minimum absolute atomic E-state index is 0.0901. The summed E-state index contributed by atoms with van der Waals surface area (Å²) in [5.41, 5.74) is 0.525. The van der Waals surface area contributed by atoms with Crippen LogP contribution in [0.3, 0.4) is 0 Å². The molecule has 0 radical (unpaired) electrons. The molecule has 2 aromatic rings. The summed E-state index contributed by atoms with van der Waals surface area (Å²) in [6.45, 7) is -1.35. The van der Waals surface area contributed by atoms with E-state index in [0.717, 1.165) is 9.09 Å². The van der Waals surface area contributed by atoms with Gasteiger partial charge in [0, 0.05) is 12.3 Å². The van der Waals surface area contributed by atoms with Gasteiger partial charge in [-0.3, -0.25) is 5.10 Å². The number of halogens is 4. The smallest absolute Gasteiger partial charge is 0.422 e. The molecule has 1 N–H and O–H groups in total. The number of nitrogens with zero attached hydrogens (tertiary/aromatic N) is 2. The molecular formula is C8H5F3IN3O. The minimum atomic E-state index is -4.36. The fourth-order valence-electron chi connectivity index (χ4n) is 1.09. The molecule has 0 aliphatic heterocycles. The summed E-state index contributed by atoms with van der Waals surface area (Å²) in [6.07, 6.45) is -2.94. The summed E-state index contributed by atoms with van der Waals surface area (Å²) >= 11 is 2.02. The molecule has 0 saturated heterocycles. The zero-order valence-corrected chi connectivity index (χ0v) is 9.83. The molecule has 0 amide bonds. The van der Waals surface area contributed by atoms with Gasteiger partial charge in [0.2, 0.25) is 5.88 Å². The van der Waals surface area contributed by atoms with Crippen LogP contribution in [0.5, 0.6) is 5.88 Å². The van der Waals surface area contributed by atoms with E-state index in [2.05, 4.69) is 19.9 Å². The molecule has 0 aromatic carbocycles. The van der Waals surface area contributed by atoms with Crippen molar-refractivity contribution in [2.24, 2.45) is 0 Å².